The number of benzene rings is 10. The van der Waals surface area contributed by atoms with Crippen LogP contribution in [0.2, 0.25) is 0 Å². The molecule has 4 heteroatoms. The van der Waals surface area contributed by atoms with E-state index < -0.39 is 0 Å². The van der Waals surface area contributed by atoms with Crippen molar-refractivity contribution < 1.29 is 0 Å². The summed E-state index contributed by atoms with van der Waals surface area (Å²) >= 11 is 0. The maximum absolute atomic E-state index is 9.38. The molecule has 0 spiro atoms. The Kier molecular flexibility index (Phi) is 7.57. The second-order valence-corrected chi connectivity index (χ2v) is 15.4. The fourth-order valence-electron chi connectivity index (χ4n) is 9.27. The van der Waals surface area contributed by atoms with E-state index >= 15 is 0 Å². The Hall–Kier alpha value is -8.26. The normalized spacial score (nSPS) is 11.7. The molecule has 0 unspecified atom stereocenters. The van der Waals surface area contributed by atoms with Crippen LogP contribution in [0.25, 0.3) is 121 Å². The quantitative estimate of drug-likeness (QED) is 0.164. The lowest BCUT2D eigenvalue weighted by atomic mass is 9.85. The summed E-state index contributed by atoms with van der Waals surface area (Å²) in [5.41, 5.74) is 7.79. The SMILES string of the molecule is N#Cc1ccc(-c2nc(-c3ccccc3)nc(-c3ccc(-c4ccccc4-c4cc5ccc6cccc7c8cccc9ccc%10cccc(c(c4)c5c67)c%10c98)cc3)n2)cc1. The minimum atomic E-state index is 0.555. The molecule has 11 aromatic carbocycles. The molecule has 0 amide bonds. The Morgan fingerprint density at radius 2 is 0.717 bits per heavy atom. The van der Waals surface area contributed by atoms with Gasteiger partial charge in [0, 0.05) is 16.7 Å². The van der Waals surface area contributed by atoms with Gasteiger partial charge in [-0.15, -0.1) is 0 Å². The number of nitrogens with zero attached hydrogens (tertiary/aromatic N) is 4. The average Bonchev–Trinajstić information content (AvgIpc) is 3.32. The fourth-order valence-corrected chi connectivity index (χ4v) is 9.27. The Bertz CT molecular complexity index is 3690. The lowest BCUT2D eigenvalue weighted by molar-refractivity contribution is 1.07. The second kappa shape index (κ2) is 13.4. The zero-order valence-electron chi connectivity index (χ0n) is 32.3. The van der Waals surface area contributed by atoms with Crippen LogP contribution < -0.4 is 0 Å². The maximum atomic E-state index is 9.38. The van der Waals surface area contributed by atoms with Crippen molar-refractivity contribution in [3.05, 3.63) is 200 Å². The largest absolute Gasteiger partial charge is 0.208 e. The van der Waals surface area contributed by atoms with Crippen LogP contribution in [0.5, 0.6) is 0 Å². The molecule has 0 radical (unpaired) electrons. The van der Waals surface area contributed by atoms with Gasteiger partial charge in [0.2, 0.25) is 0 Å². The van der Waals surface area contributed by atoms with E-state index in [1.807, 2.05) is 42.5 Å². The van der Waals surface area contributed by atoms with Crippen molar-refractivity contribution in [3.63, 3.8) is 0 Å². The minimum Gasteiger partial charge on any atom is -0.208 e. The molecule has 0 aliphatic carbocycles. The van der Waals surface area contributed by atoms with Crippen molar-refractivity contribution in [1.29, 1.82) is 5.26 Å². The van der Waals surface area contributed by atoms with E-state index in [1.54, 1.807) is 12.1 Å². The van der Waals surface area contributed by atoms with Gasteiger partial charge in [-0.05, 0) is 123 Å². The van der Waals surface area contributed by atoms with Crippen LogP contribution in [0.4, 0.5) is 0 Å². The highest BCUT2D eigenvalue weighted by Gasteiger charge is 2.18. The van der Waals surface area contributed by atoms with Gasteiger partial charge < -0.3 is 0 Å². The van der Waals surface area contributed by atoms with Crippen LogP contribution in [0, 0.1) is 11.3 Å². The molecule has 0 saturated heterocycles. The molecule has 0 atom stereocenters. The highest BCUT2D eigenvalue weighted by Crippen LogP contribution is 2.45. The third-order valence-corrected chi connectivity index (χ3v) is 12.1. The first-order valence-electron chi connectivity index (χ1n) is 20.2. The molecule has 0 aliphatic rings. The van der Waals surface area contributed by atoms with Crippen LogP contribution in [-0.4, -0.2) is 15.0 Å². The first-order chi connectivity index (χ1) is 29.7. The average molecular weight is 761 g/mol. The Morgan fingerprint density at radius 3 is 1.25 bits per heavy atom. The molecule has 276 valence electrons. The molecule has 0 fully saturated rings. The van der Waals surface area contributed by atoms with Gasteiger partial charge in [-0.2, -0.15) is 5.26 Å². The second-order valence-electron chi connectivity index (χ2n) is 15.4. The van der Waals surface area contributed by atoms with Gasteiger partial charge in [0.15, 0.2) is 17.5 Å². The summed E-state index contributed by atoms with van der Waals surface area (Å²) < 4.78 is 0. The van der Waals surface area contributed by atoms with Crippen molar-refractivity contribution in [2.24, 2.45) is 0 Å². The summed E-state index contributed by atoms with van der Waals surface area (Å²) in [6.07, 6.45) is 0. The van der Waals surface area contributed by atoms with E-state index in [1.165, 1.54) is 75.8 Å². The zero-order chi connectivity index (χ0) is 39.7. The molecule has 4 nitrogen and oxygen atoms in total. The molecule has 60 heavy (non-hydrogen) atoms. The van der Waals surface area contributed by atoms with Crippen LogP contribution >= 0.6 is 0 Å². The number of fused-ring (bicyclic) bond motifs is 2. The summed E-state index contributed by atoms with van der Waals surface area (Å²) in [4.78, 5) is 14.8. The summed E-state index contributed by atoms with van der Waals surface area (Å²) in [6, 6.07) is 70.9. The van der Waals surface area contributed by atoms with Crippen molar-refractivity contribution >= 4 is 64.6 Å². The molecule has 0 aliphatic heterocycles. The molecule has 0 bridgehead atoms. The van der Waals surface area contributed by atoms with Gasteiger partial charge in [-0.3, -0.25) is 0 Å². The molecular weight excluding hydrogens is 729 g/mol. The van der Waals surface area contributed by atoms with E-state index in [4.69, 9.17) is 15.0 Å². The number of hydrogen-bond acceptors (Lipinski definition) is 4. The summed E-state index contributed by atoms with van der Waals surface area (Å²) in [5.74, 6) is 1.73. The van der Waals surface area contributed by atoms with Crippen molar-refractivity contribution in [2.75, 3.05) is 0 Å². The molecule has 12 aromatic rings. The first-order valence-corrected chi connectivity index (χ1v) is 20.2. The lowest BCUT2D eigenvalue weighted by Crippen LogP contribution is -2.00. The number of aromatic nitrogens is 3. The standard InChI is InChI=1S/C56H32N4/c57-33-34-19-21-40(22-20-34)55-58-54(39-9-2-1-3-10-39)59-56(60-55)41-28-23-35(24-29-41)44-14-4-5-15-45(44)43-31-42-30-27-38-12-7-17-47-46-16-6-11-36-25-26-37-13-8-18-48(52(37)50(36)46)49(32-43)53(42)51(38)47/h1-32H. The van der Waals surface area contributed by atoms with Crippen LogP contribution in [0.3, 0.4) is 0 Å². The predicted octanol–water partition coefficient (Wildman–Crippen LogP) is 14.4. The number of hydrogen-bond donors (Lipinski definition) is 0. The molecule has 0 saturated carbocycles. The van der Waals surface area contributed by atoms with Gasteiger partial charge in [0.25, 0.3) is 0 Å². The van der Waals surface area contributed by atoms with Gasteiger partial charge >= 0.3 is 0 Å². The lowest BCUT2D eigenvalue weighted by Gasteiger charge is -2.18. The zero-order valence-corrected chi connectivity index (χ0v) is 32.3. The minimum absolute atomic E-state index is 0.555. The van der Waals surface area contributed by atoms with Crippen molar-refractivity contribution in [3.8, 4) is 62.5 Å². The van der Waals surface area contributed by atoms with Gasteiger partial charge in [0.05, 0.1) is 11.6 Å². The predicted molar refractivity (Wildman–Crippen MR) is 248 cm³/mol. The molecule has 1 aromatic heterocycles. The summed E-state index contributed by atoms with van der Waals surface area (Å²) in [7, 11) is 0. The summed E-state index contributed by atoms with van der Waals surface area (Å²) in [6.45, 7) is 0. The number of rotatable bonds is 5. The molecule has 0 N–H and O–H groups in total. The van der Waals surface area contributed by atoms with E-state index in [9.17, 15) is 5.26 Å². The van der Waals surface area contributed by atoms with Crippen molar-refractivity contribution in [2.45, 2.75) is 0 Å². The highest BCUT2D eigenvalue weighted by atomic mass is 15.0. The maximum Gasteiger partial charge on any atom is 0.164 e. The topological polar surface area (TPSA) is 62.5 Å². The molecule has 12 rings (SSSR count). The first kappa shape index (κ1) is 33.8. The Morgan fingerprint density at radius 1 is 0.300 bits per heavy atom. The van der Waals surface area contributed by atoms with Crippen molar-refractivity contribution in [1.82, 2.24) is 15.0 Å². The van der Waals surface area contributed by atoms with Gasteiger partial charge in [-0.1, -0.05) is 158 Å². The van der Waals surface area contributed by atoms with Crippen LogP contribution in [-0.2, 0) is 0 Å². The van der Waals surface area contributed by atoms with E-state index in [-0.39, 0.29) is 0 Å². The Balaban J connectivity index is 1.04. The Labute approximate surface area is 345 Å². The van der Waals surface area contributed by atoms with Crippen LogP contribution in [0.1, 0.15) is 5.56 Å². The summed E-state index contributed by atoms with van der Waals surface area (Å²) in [5, 5.41) is 24.6. The van der Waals surface area contributed by atoms with Gasteiger partial charge in [-0.25, -0.2) is 15.0 Å². The highest BCUT2D eigenvalue weighted by molar-refractivity contribution is 6.37. The fraction of sp³-hybridized carbons (Fsp3) is 0. The van der Waals surface area contributed by atoms with Gasteiger partial charge in [0.1, 0.15) is 0 Å². The van der Waals surface area contributed by atoms with Crippen LogP contribution in [0.15, 0.2) is 194 Å². The van der Waals surface area contributed by atoms with E-state index in [0.717, 1.165) is 27.8 Å². The molecular formula is C56H32N4. The van der Waals surface area contributed by atoms with E-state index in [2.05, 4.69) is 146 Å². The molecule has 1 heterocycles. The number of nitriles is 1. The monoisotopic (exact) mass is 760 g/mol. The smallest absolute Gasteiger partial charge is 0.164 e. The third-order valence-electron chi connectivity index (χ3n) is 12.1. The third kappa shape index (κ3) is 5.34. The van der Waals surface area contributed by atoms with E-state index in [0.29, 0.717) is 23.0 Å².